The van der Waals surface area contributed by atoms with Gasteiger partial charge in [0.05, 0.1) is 0 Å². The van der Waals surface area contributed by atoms with Gasteiger partial charge in [-0.05, 0) is 49.4 Å². The van der Waals surface area contributed by atoms with Crippen LogP contribution < -0.4 is 0 Å². The van der Waals surface area contributed by atoms with Crippen LogP contribution in [0.3, 0.4) is 0 Å². The van der Waals surface area contributed by atoms with Gasteiger partial charge in [-0.15, -0.1) is 0 Å². The van der Waals surface area contributed by atoms with Crippen molar-refractivity contribution in [1.29, 1.82) is 0 Å². The molecular formula is C22H30F4. The Hall–Kier alpha value is -1.06. The van der Waals surface area contributed by atoms with Crippen molar-refractivity contribution >= 4 is 0 Å². The number of hydrogen-bond acceptors (Lipinski definition) is 0. The molecule has 26 heavy (non-hydrogen) atoms. The molecule has 0 unspecified atom stereocenters. The second-order valence-electron chi connectivity index (χ2n) is 8.73. The molecule has 3 aliphatic rings. The van der Waals surface area contributed by atoms with Gasteiger partial charge in [-0.3, -0.25) is 0 Å². The van der Waals surface area contributed by atoms with Crippen LogP contribution in [0, 0.1) is 23.7 Å². The van der Waals surface area contributed by atoms with Crippen molar-refractivity contribution in [3.05, 3.63) is 35.5 Å². The van der Waals surface area contributed by atoms with E-state index in [9.17, 15) is 17.6 Å². The molecule has 0 bridgehead atoms. The predicted molar refractivity (Wildman–Crippen MR) is 97.4 cm³/mol. The summed E-state index contributed by atoms with van der Waals surface area (Å²) in [6.45, 7) is 4.28. The molecule has 0 aliphatic heterocycles. The average molecular weight is 370 g/mol. The van der Waals surface area contributed by atoms with Gasteiger partial charge in [0, 0.05) is 11.1 Å². The molecule has 3 aliphatic carbocycles. The van der Waals surface area contributed by atoms with E-state index in [2.05, 4.69) is 13.8 Å². The summed E-state index contributed by atoms with van der Waals surface area (Å²) >= 11 is 0. The van der Waals surface area contributed by atoms with Crippen LogP contribution in [0.1, 0.15) is 65.2 Å². The second kappa shape index (κ2) is 7.52. The average Bonchev–Trinajstić information content (AvgIpc) is 2.59. The third-order valence-corrected chi connectivity index (χ3v) is 6.63. The lowest BCUT2D eigenvalue weighted by Gasteiger charge is -2.38. The number of alkyl halides is 4. The van der Waals surface area contributed by atoms with E-state index < -0.39 is 23.3 Å². The highest BCUT2D eigenvalue weighted by Crippen LogP contribution is 2.52. The van der Waals surface area contributed by atoms with Crippen LogP contribution in [0.25, 0.3) is 0 Å². The predicted octanol–water partition coefficient (Wildman–Crippen LogP) is 7.33. The largest absolute Gasteiger partial charge is 0.339 e. The Balaban J connectivity index is 1.78. The standard InChI is InChI=1S/C22H30F4/c1-15-3-7-17(8-4-15)9-12-19-13-14-20(22(25,26)21(19,23)24)18-10-5-16(2)6-11-18/h9,12-18H,3-8,10-11H2,1-2H3/b12-9+. The van der Waals surface area contributed by atoms with Crippen LogP contribution in [-0.2, 0) is 0 Å². The molecule has 0 aromatic heterocycles. The number of hydrogen-bond donors (Lipinski definition) is 0. The third-order valence-electron chi connectivity index (χ3n) is 6.63. The first-order valence-corrected chi connectivity index (χ1v) is 10.1. The monoisotopic (exact) mass is 370 g/mol. The molecule has 2 saturated carbocycles. The molecule has 0 spiro atoms. The molecule has 0 N–H and O–H groups in total. The second-order valence-corrected chi connectivity index (χ2v) is 8.73. The Bertz CT molecular complexity index is 583. The van der Waals surface area contributed by atoms with Gasteiger partial charge in [0.1, 0.15) is 0 Å². The van der Waals surface area contributed by atoms with Gasteiger partial charge in [0.25, 0.3) is 0 Å². The number of allylic oxidation sites excluding steroid dienone is 6. The molecule has 0 saturated heterocycles. The molecule has 0 atom stereocenters. The molecule has 0 radical (unpaired) electrons. The highest BCUT2D eigenvalue weighted by Gasteiger charge is 2.62. The van der Waals surface area contributed by atoms with E-state index in [1.807, 2.05) is 0 Å². The van der Waals surface area contributed by atoms with Crippen molar-refractivity contribution in [2.45, 2.75) is 77.1 Å². The van der Waals surface area contributed by atoms with Crippen molar-refractivity contribution in [3.8, 4) is 0 Å². The smallest absolute Gasteiger partial charge is 0.194 e. The maximum absolute atomic E-state index is 14.7. The van der Waals surface area contributed by atoms with Crippen LogP contribution in [0.5, 0.6) is 0 Å². The van der Waals surface area contributed by atoms with E-state index in [0.29, 0.717) is 24.7 Å². The number of halogens is 4. The van der Waals surface area contributed by atoms with E-state index in [4.69, 9.17) is 0 Å². The molecule has 0 amide bonds. The molecule has 0 aromatic carbocycles. The summed E-state index contributed by atoms with van der Waals surface area (Å²) in [4.78, 5) is 0. The fourth-order valence-electron chi connectivity index (χ4n) is 4.59. The zero-order chi connectivity index (χ0) is 18.9. The summed E-state index contributed by atoms with van der Waals surface area (Å²) < 4.78 is 58.7. The maximum Gasteiger partial charge on any atom is 0.339 e. The van der Waals surface area contributed by atoms with E-state index in [1.165, 1.54) is 18.2 Å². The van der Waals surface area contributed by atoms with Crippen LogP contribution >= 0.6 is 0 Å². The summed E-state index contributed by atoms with van der Waals surface area (Å²) in [5.74, 6) is -7.25. The molecule has 0 aromatic rings. The van der Waals surface area contributed by atoms with E-state index in [1.54, 1.807) is 6.08 Å². The molecule has 3 rings (SSSR count). The van der Waals surface area contributed by atoms with Gasteiger partial charge in [0.15, 0.2) is 0 Å². The van der Waals surface area contributed by atoms with Crippen LogP contribution in [0.15, 0.2) is 35.5 Å². The van der Waals surface area contributed by atoms with E-state index >= 15 is 0 Å². The van der Waals surface area contributed by atoms with Gasteiger partial charge in [-0.25, -0.2) is 0 Å². The van der Waals surface area contributed by atoms with Gasteiger partial charge >= 0.3 is 11.8 Å². The van der Waals surface area contributed by atoms with Gasteiger partial charge in [-0.2, -0.15) is 17.6 Å². The fourth-order valence-corrected chi connectivity index (χ4v) is 4.59. The Morgan fingerprint density at radius 2 is 1.31 bits per heavy atom. The maximum atomic E-state index is 14.7. The third kappa shape index (κ3) is 3.80. The first-order valence-electron chi connectivity index (χ1n) is 10.1. The Labute approximate surface area is 154 Å². The van der Waals surface area contributed by atoms with Crippen LogP contribution in [-0.4, -0.2) is 11.8 Å². The Morgan fingerprint density at radius 3 is 1.88 bits per heavy atom. The van der Waals surface area contributed by atoms with Gasteiger partial charge in [-0.1, -0.05) is 63.8 Å². The SMILES string of the molecule is CC1CCC(/C=C/C2=CC=C(C3CCC(C)CC3)C(F)(F)C2(F)F)CC1. The van der Waals surface area contributed by atoms with Crippen LogP contribution in [0.2, 0.25) is 0 Å². The van der Waals surface area contributed by atoms with Crippen molar-refractivity contribution in [2.75, 3.05) is 0 Å². The molecule has 2 fully saturated rings. The van der Waals surface area contributed by atoms with Crippen LogP contribution in [0.4, 0.5) is 17.6 Å². The van der Waals surface area contributed by atoms with Crippen molar-refractivity contribution < 1.29 is 17.6 Å². The molecule has 0 heterocycles. The normalized spacial score (nSPS) is 37.3. The first kappa shape index (κ1) is 19.7. The highest BCUT2D eigenvalue weighted by atomic mass is 19.3. The first-order chi connectivity index (χ1) is 12.2. The summed E-state index contributed by atoms with van der Waals surface area (Å²) in [6, 6.07) is 0. The topological polar surface area (TPSA) is 0 Å². The van der Waals surface area contributed by atoms with E-state index in [-0.39, 0.29) is 11.5 Å². The fraction of sp³-hybridized carbons (Fsp3) is 0.727. The lowest BCUT2D eigenvalue weighted by atomic mass is 9.74. The summed E-state index contributed by atoms with van der Waals surface area (Å²) in [6.07, 6.45) is 12.4. The lowest BCUT2D eigenvalue weighted by molar-refractivity contribution is -0.166. The highest BCUT2D eigenvalue weighted by molar-refractivity contribution is 5.44. The van der Waals surface area contributed by atoms with Crippen molar-refractivity contribution in [2.24, 2.45) is 23.7 Å². The van der Waals surface area contributed by atoms with Gasteiger partial charge < -0.3 is 0 Å². The number of rotatable bonds is 3. The zero-order valence-corrected chi connectivity index (χ0v) is 15.8. The summed E-state index contributed by atoms with van der Waals surface area (Å²) in [5.41, 5.74) is -0.910. The lowest BCUT2D eigenvalue weighted by Crippen LogP contribution is -2.47. The quantitative estimate of drug-likeness (QED) is 0.456. The van der Waals surface area contributed by atoms with Gasteiger partial charge in [0.2, 0.25) is 0 Å². The van der Waals surface area contributed by atoms with Crippen molar-refractivity contribution in [1.82, 2.24) is 0 Å². The Kier molecular flexibility index (Phi) is 5.69. The Morgan fingerprint density at radius 1 is 0.769 bits per heavy atom. The molecule has 4 heteroatoms. The summed E-state index contributed by atoms with van der Waals surface area (Å²) in [7, 11) is 0. The molecule has 146 valence electrons. The molecule has 0 nitrogen and oxygen atoms in total. The minimum Gasteiger partial charge on any atom is -0.194 e. The van der Waals surface area contributed by atoms with E-state index in [0.717, 1.165) is 38.5 Å². The zero-order valence-electron chi connectivity index (χ0n) is 15.8. The summed E-state index contributed by atoms with van der Waals surface area (Å²) in [5, 5.41) is 0. The van der Waals surface area contributed by atoms with Crippen molar-refractivity contribution in [3.63, 3.8) is 0 Å². The molecular weight excluding hydrogens is 340 g/mol. The minimum absolute atomic E-state index is 0.224. The minimum atomic E-state index is -4.13.